The fourth-order valence-electron chi connectivity index (χ4n) is 1.89. The van der Waals surface area contributed by atoms with Crippen LogP contribution in [0, 0.1) is 5.92 Å². The minimum Gasteiger partial charge on any atom is -0.350 e. The number of pyridine rings is 1. The largest absolute Gasteiger partial charge is 0.350 e. The molecule has 1 aromatic heterocycles. The SMILES string of the molecule is CC(CC1CC1)NC(=O)c1cnc(NN)c(Cl)c1. The molecule has 5 nitrogen and oxygen atoms in total. The minimum atomic E-state index is -0.152. The lowest BCUT2D eigenvalue weighted by molar-refractivity contribution is 0.0937. The molecule has 98 valence electrons. The second-order valence-corrected chi connectivity index (χ2v) is 5.16. The highest BCUT2D eigenvalue weighted by atomic mass is 35.5. The van der Waals surface area contributed by atoms with Crippen LogP contribution in [0.5, 0.6) is 0 Å². The maximum absolute atomic E-state index is 11.9. The monoisotopic (exact) mass is 268 g/mol. The van der Waals surface area contributed by atoms with E-state index in [1.165, 1.54) is 19.0 Å². The van der Waals surface area contributed by atoms with Crippen LogP contribution >= 0.6 is 11.6 Å². The van der Waals surface area contributed by atoms with Gasteiger partial charge in [-0.3, -0.25) is 4.79 Å². The summed E-state index contributed by atoms with van der Waals surface area (Å²) in [6, 6.07) is 1.74. The lowest BCUT2D eigenvalue weighted by Crippen LogP contribution is -2.33. The van der Waals surface area contributed by atoms with Crippen molar-refractivity contribution in [3.8, 4) is 0 Å². The molecule has 2 rings (SSSR count). The van der Waals surface area contributed by atoms with Gasteiger partial charge in [-0.05, 0) is 25.3 Å². The highest BCUT2D eigenvalue weighted by Gasteiger charge is 2.24. The number of carbonyl (C=O) groups is 1. The molecule has 0 aromatic carbocycles. The molecule has 0 spiro atoms. The zero-order valence-corrected chi connectivity index (χ0v) is 11.0. The van der Waals surface area contributed by atoms with E-state index in [0.29, 0.717) is 16.4 Å². The van der Waals surface area contributed by atoms with Crippen LogP contribution in [0.4, 0.5) is 5.82 Å². The summed E-state index contributed by atoms with van der Waals surface area (Å²) in [6.07, 6.45) is 5.06. The highest BCUT2D eigenvalue weighted by Crippen LogP contribution is 2.33. The summed E-state index contributed by atoms with van der Waals surface area (Å²) in [4.78, 5) is 15.9. The second-order valence-electron chi connectivity index (χ2n) is 4.75. The van der Waals surface area contributed by atoms with E-state index in [2.05, 4.69) is 15.7 Å². The molecule has 0 radical (unpaired) electrons. The number of nitrogen functional groups attached to an aromatic ring is 1. The van der Waals surface area contributed by atoms with Gasteiger partial charge in [0.05, 0.1) is 10.6 Å². The molecule has 6 heteroatoms. The summed E-state index contributed by atoms with van der Waals surface area (Å²) in [6.45, 7) is 2.01. The smallest absolute Gasteiger partial charge is 0.253 e. The third-order valence-corrected chi connectivity index (χ3v) is 3.29. The first-order valence-corrected chi connectivity index (χ1v) is 6.41. The zero-order valence-electron chi connectivity index (χ0n) is 10.2. The second kappa shape index (κ2) is 5.54. The van der Waals surface area contributed by atoms with Gasteiger partial charge in [0, 0.05) is 12.2 Å². The van der Waals surface area contributed by atoms with Crippen molar-refractivity contribution >= 4 is 23.3 Å². The van der Waals surface area contributed by atoms with Crippen molar-refractivity contribution in [3.05, 3.63) is 22.8 Å². The normalized spacial score (nSPS) is 16.2. The lowest BCUT2D eigenvalue weighted by atomic mass is 10.1. The third-order valence-electron chi connectivity index (χ3n) is 3.00. The molecule has 1 aliphatic carbocycles. The van der Waals surface area contributed by atoms with Crippen LogP contribution < -0.4 is 16.6 Å². The topological polar surface area (TPSA) is 80.0 Å². The van der Waals surface area contributed by atoms with Crippen LogP contribution in [-0.2, 0) is 0 Å². The molecule has 4 N–H and O–H groups in total. The number of rotatable bonds is 5. The van der Waals surface area contributed by atoms with Gasteiger partial charge in [0.1, 0.15) is 0 Å². The average Bonchev–Trinajstić information content (AvgIpc) is 3.12. The van der Waals surface area contributed by atoms with Crippen LogP contribution in [0.25, 0.3) is 0 Å². The number of hydrogen-bond acceptors (Lipinski definition) is 4. The fourth-order valence-corrected chi connectivity index (χ4v) is 2.11. The van der Waals surface area contributed by atoms with E-state index in [1.54, 1.807) is 6.07 Å². The molecule has 1 aliphatic rings. The predicted octanol–water partition coefficient (Wildman–Crippen LogP) is 1.94. The molecule has 1 saturated carbocycles. The maximum Gasteiger partial charge on any atom is 0.253 e. The van der Waals surface area contributed by atoms with Crippen molar-refractivity contribution in [1.82, 2.24) is 10.3 Å². The molecule has 1 unspecified atom stereocenters. The first-order chi connectivity index (χ1) is 8.60. The Labute approximate surface area is 111 Å². The first-order valence-electron chi connectivity index (χ1n) is 6.03. The summed E-state index contributed by atoms with van der Waals surface area (Å²) in [5, 5.41) is 3.28. The molecule has 1 heterocycles. The Morgan fingerprint density at radius 1 is 1.67 bits per heavy atom. The lowest BCUT2D eigenvalue weighted by Gasteiger charge is -2.13. The summed E-state index contributed by atoms with van der Waals surface area (Å²) in [7, 11) is 0. The molecule has 1 atom stereocenters. The minimum absolute atomic E-state index is 0.152. The van der Waals surface area contributed by atoms with Crippen LogP contribution in [0.2, 0.25) is 5.02 Å². The first kappa shape index (κ1) is 13.1. The Morgan fingerprint density at radius 2 is 2.39 bits per heavy atom. The van der Waals surface area contributed by atoms with Gasteiger partial charge >= 0.3 is 0 Å². The molecular weight excluding hydrogens is 252 g/mol. The number of amides is 1. The van der Waals surface area contributed by atoms with Gasteiger partial charge < -0.3 is 10.7 Å². The van der Waals surface area contributed by atoms with E-state index in [1.807, 2.05) is 6.92 Å². The number of anilines is 1. The Bertz CT molecular complexity index is 448. The number of carbonyl (C=O) groups excluding carboxylic acids is 1. The van der Waals surface area contributed by atoms with Crippen molar-refractivity contribution in [3.63, 3.8) is 0 Å². The van der Waals surface area contributed by atoms with Crippen molar-refractivity contribution in [1.29, 1.82) is 0 Å². The molecule has 0 saturated heterocycles. The van der Waals surface area contributed by atoms with Crippen LogP contribution in [0.3, 0.4) is 0 Å². The molecule has 1 amide bonds. The standard InChI is InChI=1S/C12H17ClN4O/c1-7(4-8-2-3-8)16-12(18)9-5-10(13)11(17-14)15-6-9/h5-8H,2-4,14H2,1H3,(H,15,17)(H,16,18). The van der Waals surface area contributed by atoms with Crippen LogP contribution in [0.1, 0.15) is 36.5 Å². The van der Waals surface area contributed by atoms with E-state index in [4.69, 9.17) is 17.4 Å². The Balaban J connectivity index is 1.97. The van der Waals surface area contributed by atoms with E-state index in [0.717, 1.165) is 12.3 Å². The quantitative estimate of drug-likeness (QED) is 0.563. The molecule has 0 bridgehead atoms. The molecular formula is C12H17ClN4O. The van der Waals surface area contributed by atoms with Crippen molar-refractivity contribution in [2.75, 3.05) is 5.43 Å². The number of hydrazine groups is 1. The summed E-state index contributed by atoms with van der Waals surface area (Å²) < 4.78 is 0. The van der Waals surface area contributed by atoms with E-state index >= 15 is 0 Å². The predicted molar refractivity (Wildman–Crippen MR) is 71.3 cm³/mol. The van der Waals surface area contributed by atoms with Gasteiger partial charge in [-0.15, -0.1) is 0 Å². The van der Waals surface area contributed by atoms with E-state index in [9.17, 15) is 4.79 Å². The maximum atomic E-state index is 11.9. The van der Waals surface area contributed by atoms with Crippen molar-refractivity contribution in [2.45, 2.75) is 32.2 Å². The van der Waals surface area contributed by atoms with Gasteiger partial charge in [0.2, 0.25) is 0 Å². The third kappa shape index (κ3) is 3.34. The number of aromatic nitrogens is 1. The number of nitrogens with two attached hydrogens (primary N) is 1. The Morgan fingerprint density at radius 3 is 2.94 bits per heavy atom. The van der Waals surface area contributed by atoms with Crippen molar-refractivity contribution in [2.24, 2.45) is 11.8 Å². The molecule has 1 aromatic rings. The summed E-state index contributed by atoms with van der Waals surface area (Å²) in [5.74, 6) is 6.21. The molecule has 0 aliphatic heterocycles. The average molecular weight is 269 g/mol. The highest BCUT2D eigenvalue weighted by molar-refractivity contribution is 6.33. The number of nitrogens with one attached hydrogen (secondary N) is 2. The van der Waals surface area contributed by atoms with E-state index < -0.39 is 0 Å². The van der Waals surface area contributed by atoms with Gasteiger partial charge in [0.25, 0.3) is 5.91 Å². The fraction of sp³-hybridized carbons (Fsp3) is 0.500. The molecule has 18 heavy (non-hydrogen) atoms. The van der Waals surface area contributed by atoms with Crippen LogP contribution in [-0.4, -0.2) is 16.9 Å². The number of nitrogens with zero attached hydrogens (tertiary/aromatic N) is 1. The Kier molecular flexibility index (Phi) is 4.04. The number of halogens is 1. The van der Waals surface area contributed by atoms with Gasteiger partial charge in [-0.1, -0.05) is 24.4 Å². The van der Waals surface area contributed by atoms with Crippen LogP contribution in [0.15, 0.2) is 12.3 Å². The van der Waals surface area contributed by atoms with Crippen molar-refractivity contribution < 1.29 is 4.79 Å². The summed E-state index contributed by atoms with van der Waals surface area (Å²) >= 11 is 5.92. The molecule has 1 fully saturated rings. The van der Waals surface area contributed by atoms with Gasteiger partial charge in [-0.25, -0.2) is 10.8 Å². The zero-order chi connectivity index (χ0) is 13.1. The Hall–Kier alpha value is -1.33. The number of hydrogen-bond donors (Lipinski definition) is 3. The van der Waals surface area contributed by atoms with E-state index in [-0.39, 0.29) is 11.9 Å². The summed E-state index contributed by atoms with van der Waals surface area (Å²) in [5.41, 5.74) is 2.81. The van der Waals surface area contributed by atoms with Gasteiger partial charge in [-0.2, -0.15) is 0 Å². The van der Waals surface area contributed by atoms with Gasteiger partial charge in [0.15, 0.2) is 5.82 Å².